The predicted octanol–water partition coefficient (Wildman–Crippen LogP) is 4.93. The highest BCUT2D eigenvalue weighted by atomic mass is 32.2. The second-order valence-electron chi connectivity index (χ2n) is 13.0. The molecule has 2 saturated carbocycles. The number of fused-ring (bicyclic) bond motifs is 5. The number of benzene rings is 2. The van der Waals surface area contributed by atoms with Gasteiger partial charge in [-0.3, -0.25) is 9.35 Å². The van der Waals surface area contributed by atoms with Crippen molar-refractivity contribution in [2.24, 2.45) is 16.7 Å². The lowest BCUT2D eigenvalue weighted by atomic mass is 9.70. The molecule has 0 radical (unpaired) electrons. The smallest absolute Gasteiger partial charge is 0.310 e. The van der Waals surface area contributed by atoms with Crippen molar-refractivity contribution in [2.45, 2.75) is 76.4 Å². The van der Waals surface area contributed by atoms with Crippen LogP contribution in [0.15, 0.2) is 60.7 Å². The molecule has 41 heavy (non-hydrogen) atoms. The molecule has 2 bridgehead atoms. The highest BCUT2D eigenvalue weighted by Crippen LogP contribution is 2.64. The standard InChI is InChI=1S/C22H25N2OS.C10H16O4S/c25-22-23(14-17-8-3-1-4-9-17)19-16-26-13-7-12-20(26)21(19)24(22)15-18-10-5-2-6-11-18;1-9(2)7-3-4-10(9,8(11)5-7)6-15(12,13)14/h1-6,8-11,19-21H,7,12-16H2;7H,3-6H2,1-2H3,(H,12,13,14)/q+1;/t19-,20-,21-,26?;7-,10+/m11/s1. The van der Waals surface area contributed by atoms with Gasteiger partial charge in [0.05, 0.1) is 11.2 Å². The van der Waals surface area contributed by atoms with Crippen LogP contribution in [0.25, 0.3) is 0 Å². The number of rotatable bonds is 6. The normalized spacial score (nSPS) is 33.1. The van der Waals surface area contributed by atoms with E-state index in [4.69, 9.17) is 4.55 Å². The summed E-state index contributed by atoms with van der Waals surface area (Å²) in [5.74, 6) is 2.50. The Morgan fingerprint density at radius 3 is 2.07 bits per heavy atom. The Hall–Kier alpha value is -2.36. The van der Waals surface area contributed by atoms with Crippen LogP contribution in [0.2, 0.25) is 0 Å². The van der Waals surface area contributed by atoms with Gasteiger partial charge in [0.25, 0.3) is 10.1 Å². The number of carbonyl (C=O) groups is 2. The van der Waals surface area contributed by atoms with Crippen LogP contribution in [0.3, 0.4) is 0 Å². The summed E-state index contributed by atoms with van der Waals surface area (Å²) in [6, 6.07) is 22.0. The van der Waals surface area contributed by atoms with E-state index in [0.717, 1.165) is 24.8 Å². The summed E-state index contributed by atoms with van der Waals surface area (Å²) in [4.78, 5) is 29.6. The van der Waals surface area contributed by atoms with E-state index in [9.17, 15) is 18.0 Å². The maximum atomic E-state index is 13.4. The Kier molecular flexibility index (Phi) is 7.52. The van der Waals surface area contributed by atoms with Gasteiger partial charge in [-0.1, -0.05) is 74.5 Å². The van der Waals surface area contributed by atoms with Crippen LogP contribution < -0.4 is 0 Å². The molecule has 2 aromatic carbocycles. The summed E-state index contributed by atoms with van der Waals surface area (Å²) >= 11 is 0. The molecule has 220 valence electrons. The molecule has 2 aliphatic carbocycles. The first-order chi connectivity index (χ1) is 19.5. The monoisotopic (exact) mass is 597 g/mol. The molecule has 7 rings (SSSR count). The van der Waals surface area contributed by atoms with Crippen LogP contribution in [-0.4, -0.2) is 69.2 Å². The third-order valence-electron chi connectivity index (χ3n) is 10.7. The highest BCUT2D eigenvalue weighted by Gasteiger charge is 2.65. The van der Waals surface area contributed by atoms with Gasteiger partial charge >= 0.3 is 6.03 Å². The van der Waals surface area contributed by atoms with Gasteiger partial charge in [0.15, 0.2) is 0 Å². The van der Waals surface area contributed by atoms with Crippen molar-refractivity contribution in [1.29, 1.82) is 0 Å². The molecule has 7 nitrogen and oxygen atoms in total. The molecule has 2 aromatic rings. The first kappa shape index (κ1) is 28.7. The Bertz CT molecular complexity index is 1400. The van der Waals surface area contributed by atoms with Crippen molar-refractivity contribution in [3.63, 3.8) is 0 Å². The van der Waals surface area contributed by atoms with Crippen molar-refractivity contribution in [3.05, 3.63) is 71.8 Å². The minimum Gasteiger partial charge on any atom is -0.310 e. The summed E-state index contributed by atoms with van der Waals surface area (Å²) in [6.07, 6.45) is 4.63. The molecule has 5 fully saturated rings. The van der Waals surface area contributed by atoms with Crippen molar-refractivity contribution < 1.29 is 22.6 Å². The van der Waals surface area contributed by atoms with Gasteiger partial charge in [-0.15, -0.1) is 0 Å². The van der Waals surface area contributed by atoms with Gasteiger partial charge in [-0.05, 0) is 52.6 Å². The molecule has 3 aliphatic heterocycles. The van der Waals surface area contributed by atoms with Crippen LogP contribution in [-0.2, 0) is 38.9 Å². The zero-order valence-electron chi connectivity index (χ0n) is 23.9. The summed E-state index contributed by atoms with van der Waals surface area (Å²) in [6.45, 7) is 5.39. The van der Waals surface area contributed by atoms with Crippen LogP contribution in [0.4, 0.5) is 4.79 Å². The minimum atomic E-state index is -4.08. The molecule has 1 unspecified atom stereocenters. The SMILES string of the molecule is CC1(C)[C@@H]2CC[C@]1(CS(=O)(=O)O)C(=O)C2.O=C1N(Cc2ccccc2)[C@@H]2[C@@H](C[S+]3CCC[C@H]23)N1Cc1ccccc1. The molecule has 0 aromatic heterocycles. The number of nitrogens with zero attached hydrogens (tertiary/aromatic N) is 2. The Morgan fingerprint density at radius 2 is 1.54 bits per heavy atom. The largest absolute Gasteiger partial charge is 0.321 e. The van der Waals surface area contributed by atoms with E-state index in [2.05, 4.69) is 58.3 Å². The van der Waals surface area contributed by atoms with E-state index in [1.807, 2.05) is 26.0 Å². The second-order valence-corrected chi connectivity index (χ2v) is 16.9. The quantitative estimate of drug-likeness (QED) is 0.290. The maximum Gasteiger partial charge on any atom is 0.321 e. The molecule has 3 saturated heterocycles. The van der Waals surface area contributed by atoms with Crippen molar-refractivity contribution in [2.75, 3.05) is 17.3 Å². The number of ketones is 1. The van der Waals surface area contributed by atoms with Crippen molar-refractivity contribution >= 4 is 32.8 Å². The molecule has 0 spiro atoms. The molecule has 1 N–H and O–H groups in total. The lowest BCUT2D eigenvalue weighted by molar-refractivity contribution is -0.128. The molecule has 5 aliphatic rings. The lowest BCUT2D eigenvalue weighted by Crippen LogP contribution is -2.42. The third-order valence-corrected chi connectivity index (χ3v) is 14.5. The fraction of sp³-hybridized carbons (Fsp3) is 0.562. The Labute approximate surface area is 246 Å². The molecule has 2 amide bonds. The fourth-order valence-electron chi connectivity index (χ4n) is 8.38. The zero-order chi connectivity index (χ0) is 29.0. The van der Waals surface area contributed by atoms with Gasteiger partial charge in [-0.2, -0.15) is 8.42 Å². The van der Waals surface area contributed by atoms with E-state index in [0.29, 0.717) is 35.8 Å². The van der Waals surface area contributed by atoms with Crippen molar-refractivity contribution in [1.82, 2.24) is 9.80 Å². The molecule has 3 heterocycles. The summed E-state index contributed by atoms with van der Waals surface area (Å²) in [7, 11) is -3.56. The number of hydrogen-bond donors (Lipinski definition) is 1. The molecule has 6 atom stereocenters. The fourth-order valence-corrected chi connectivity index (χ4v) is 13.0. The minimum absolute atomic E-state index is 0.0152. The zero-order valence-corrected chi connectivity index (χ0v) is 25.6. The van der Waals surface area contributed by atoms with Gasteiger partial charge in [0, 0.05) is 25.9 Å². The third kappa shape index (κ3) is 5.12. The number of carbonyl (C=O) groups excluding carboxylic acids is 2. The van der Waals surface area contributed by atoms with Gasteiger partial charge in [-0.25, -0.2) is 4.79 Å². The van der Waals surface area contributed by atoms with Gasteiger partial charge in [0.1, 0.15) is 34.6 Å². The summed E-state index contributed by atoms with van der Waals surface area (Å²) in [5, 5.41) is 0.730. The van der Waals surface area contributed by atoms with Gasteiger partial charge < -0.3 is 9.80 Å². The maximum absolute atomic E-state index is 13.4. The van der Waals surface area contributed by atoms with E-state index in [1.54, 1.807) is 0 Å². The van der Waals surface area contributed by atoms with E-state index in [-0.39, 0.29) is 23.1 Å². The molecular weight excluding hydrogens is 556 g/mol. The van der Waals surface area contributed by atoms with E-state index < -0.39 is 21.3 Å². The summed E-state index contributed by atoms with van der Waals surface area (Å²) in [5.41, 5.74) is 1.36. The highest BCUT2D eigenvalue weighted by molar-refractivity contribution is 7.98. The Balaban J connectivity index is 0.000000172. The average Bonchev–Trinajstić information content (AvgIpc) is 3.67. The average molecular weight is 598 g/mol. The summed E-state index contributed by atoms with van der Waals surface area (Å²) < 4.78 is 31.0. The van der Waals surface area contributed by atoms with Gasteiger partial charge in [0.2, 0.25) is 0 Å². The number of urea groups is 1. The first-order valence-corrected chi connectivity index (χ1v) is 18.0. The molecular formula is C32H41N2O5S2+. The van der Waals surface area contributed by atoms with E-state index >= 15 is 0 Å². The Morgan fingerprint density at radius 1 is 0.927 bits per heavy atom. The van der Waals surface area contributed by atoms with E-state index in [1.165, 1.54) is 35.5 Å². The molecule has 9 heteroatoms. The predicted molar refractivity (Wildman–Crippen MR) is 162 cm³/mol. The first-order valence-electron chi connectivity index (χ1n) is 14.8. The van der Waals surface area contributed by atoms with Crippen LogP contribution in [0.5, 0.6) is 0 Å². The van der Waals surface area contributed by atoms with Crippen LogP contribution in [0.1, 0.15) is 57.1 Å². The topological polar surface area (TPSA) is 95.0 Å². The van der Waals surface area contributed by atoms with Crippen LogP contribution >= 0.6 is 0 Å². The second kappa shape index (κ2) is 10.7. The van der Waals surface area contributed by atoms with Crippen molar-refractivity contribution in [3.8, 4) is 0 Å². The number of hydrogen-bond acceptors (Lipinski definition) is 4. The lowest BCUT2D eigenvalue weighted by Gasteiger charge is -2.35. The number of amides is 2. The number of Topliss-reactive ketones (excluding diaryl/α,β-unsaturated/α-hetero) is 1. The van der Waals surface area contributed by atoms with Crippen LogP contribution in [0, 0.1) is 16.7 Å².